The Morgan fingerprint density at radius 1 is 1.29 bits per heavy atom. The van der Waals surface area contributed by atoms with Crippen molar-refractivity contribution in [1.29, 1.82) is 0 Å². The van der Waals surface area contributed by atoms with Crippen molar-refractivity contribution >= 4 is 12.1 Å². The molecule has 0 aromatic heterocycles. The molecule has 1 rings (SSSR count). The Bertz CT molecular complexity index is 574. The lowest BCUT2D eigenvalue weighted by Crippen LogP contribution is -2.46. The van der Waals surface area contributed by atoms with Gasteiger partial charge in [0.15, 0.2) is 0 Å². The van der Waals surface area contributed by atoms with Gasteiger partial charge in [0.2, 0.25) is 0 Å². The maximum absolute atomic E-state index is 12.5. The predicted octanol–water partition coefficient (Wildman–Crippen LogP) is 3.46. The maximum atomic E-state index is 12.5. The molecule has 1 aromatic carbocycles. The van der Waals surface area contributed by atoms with Crippen molar-refractivity contribution < 1.29 is 24.2 Å². The molecule has 0 aliphatic heterocycles. The first-order chi connectivity index (χ1) is 11.2. The van der Waals surface area contributed by atoms with Gasteiger partial charge in [-0.05, 0) is 44.9 Å². The van der Waals surface area contributed by atoms with Crippen molar-refractivity contribution in [3.05, 3.63) is 42.5 Å². The zero-order chi connectivity index (χ0) is 18.3. The molecule has 0 unspecified atom stereocenters. The molecule has 1 N–H and O–H groups in total. The van der Waals surface area contributed by atoms with Crippen molar-refractivity contribution in [3.63, 3.8) is 0 Å². The number of carbonyl (C=O) groups is 2. The van der Waals surface area contributed by atoms with Crippen molar-refractivity contribution in [1.82, 2.24) is 4.90 Å². The van der Waals surface area contributed by atoms with Crippen molar-refractivity contribution in [2.24, 2.45) is 0 Å². The highest BCUT2D eigenvalue weighted by atomic mass is 16.6. The van der Waals surface area contributed by atoms with E-state index in [1.165, 1.54) is 11.0 Å². The monoisotopic (exact) mass is 335 g/mol. The molecule has 1 amide bonds. The predicted molar refractivity (Wildman–Crippen MR) is 91.0 cm³/mol. The molecule has 0 saturated heterocycles. The second-order valence-electron chi connectivity index (χ2n) is 6.33. The number of hydrogen-bond donors (Lipinski definition) is 1. The van der Waals surface area contributed by atoms with Crippen LogP contribution in [0.1, 0.15) is 32.8 Å². The van der Waals surface area contributed by atoms with E-state index in [4.69, 9.17) is 9.47 Å². The van der Waals surface area contributed by atoms with Crippen LogP contribution in [0.3, 0.4) is 0 Å². The van der Waals surface area contributed by atoms with E-state index in [1.807, 2.05) is 0 Å². The van der Waals surface area contributed by atoms with Crippen LogP contribution in [-0.2, 0) is 16.1 Å². The molecular formula is C18H25NO5. The molecule has 6 nitrogen and oxygen atoms in total. The fourth-order valence-corrected chi connectivity index (χ4v) is 2.07. The summed E-state index contributed by atoms with van der Waals surface area (Å²) in [6.07, 6.45) is 0.933. The lowest BCUT2D eigenvalue weighted by Gasteiger charge is -2.31. The Hall–Kier alpha value is -2.50. The minimum Gasteiger partial charge on any atom is -0.497 e. The molecule has 0 heterocycles. The fraction of sp³-hybridized carbons (Fsp3) is 0.444. The van der Waals surface area contributed by atoms with Gasteiger partial charge >= 0.3 is 12.1 Å². The fourth-order valence-electron chi connectivity index (χ4n) is 2.07. The Balaban J connectivity index is 3.08. The molecule has 6 heteroatoms. The van der Waals surface area contributed by atoms with Crippen LogP contribution in [0, 0.1) is 0 Å². The van der Waals surface area contributed by atoms with Gasteiger partial charge < -0.3 is 14.6 Å². The summed E-state index contributed by atoms with van der Waals surface area (Å²) in [4.78, 5) is 25.3. The normalized spacial score (nSPS) is 12.2. The minimum absolute atomic E-state index is 0.115. The molecule has 0 spiro atoms. The minimum atomic E-state index is -1.10. The first kappa shape index (κ1) is 19.5. The van der Waals surface area contributed by atoms with E-state index < -0.39 is 23.7 Å². The summed E-state index contributed by atoms with van der Waals surface area (Å²) in [7, 11) is 1.56. The number of amides is 1. The van der Waals surface area contributed by atoms with Crippen LogP contribution in [-0.4, -0.2) is 40.8 Å². The third-order valence-electron chi connectivity index (χ3n) is 3.19. The van der Waals surface area contributed by atoms with E-state index in [0.717, 1.165) is 5.56 Å². The molecule has 1 atom stereocenters. The zero-order valence-electron chi connectivity index (χ0n) is 14.6. The lowest BCUT2D eigenvalue weighted by atomic mass is 10.1. The first-order valence-corrected chi connectivity index (χ1v) is 7.64. The summed E-state index contributed by atoms with van der Waals surface area (Å²) in [6, 6.07) is 6.03. The second kappa shape index (κ2) is 8.38. The van der Waals surface area contributed by atoms with Crippen LogP contribution < -0.4 is 4.74 Å². The average Bonchev–Trinajstić information content (AvgIpc) is 2.49. The standard InChI is InChI=1S/C18H25NO5/c1-6-7-15(16(20)21)19(17(22)24-18(2,3)4)12-13-8-10-14(23-5)11-9-13/h6,8-11,15H,1,7,12H2,2-5H3,(H,20,21)/t15-/m0/s1. The average molecular weight is 335 g/mol. The number of rotatable bonds is 7. The molecule has 0 bridgehead atoms. The highest BCUT2D eigenvalue weighted by molar-refractivity contribution is 5.80. The highest BCUT2D eigenvalue weighted by Gasteiger charge is 2.32. The number of aliphatic carboxylic acids is 1. The summed E-state index contributed by atoms with van der Waals surface area (Å²) >= 11 is 0. The third kappa shape index (κ3) is 5.95. The van der Waals surface area contributed by atoms with Gasteiger partial charge in [-0.1, -0.05) is 18.2 Å². The van der Waals surface area contributed by atoms with Crippen LogP contribution >= 0.6 is 0 Å². The second-order valence-corrected chi connectivity index (χ2v) is 6.33. The highest BCUT2D eigenvalue weighted by Crippen LogP contribution is 2.19. The van der Waals surface area contributed by atoms with Gasteiger partial charge in [0.05, 0.1) is 7.11 Å². The number of carboxylic acid groups (broad SMARTS) is 1. The maximum Gasteiger partial charge on any atom is 0.411 e. The van der Waals surface area contributed by atoms with Crippen LogP contribution in [0.25, 0.3) is 0 Å². The molecule has 1 aromatic rings. The number of carbonyl (C=O) groups excluding carboxylic acids is 1. The third-order valence-corrected chi connectivity index (χ3v) is 3.19. The number of benzene rings is 1. The topological polar surface area (TPSA) is 76.1 Å². The van der Waals surface area contributed by atoms with Gasteiger partial charge in [-0.15, -0.1) is 6.58 Å². The molecule has 0 radical (unpaired) electrons. The van der Waals surface area contributed by atoms with Crippen molar-refractivity contribution in [2.45, 2.75) is 45.4 Å². The van der Waals surface area contributed by atoms with Gasteiger partial charge in [-0.3, -0.25) is 4.90 Å². The van der Waals surface area contributed by atoms with E-state index in [2.05, 4.69) is 6.58 Å². The number of methoxy groups -OCH3 is 1. The van der Waals surface area contributed by atoms with Crippen LogP contribution in [0.5, 0.6) is 5.75 Å². The van der Waals surface area contributed by atoms with Gasteiger partial charge in [-0.25, -0.2) is 9.59 Å². The van der Waals surface area contributed by atoms with Crippen molar-refractivity contribution in [2.75, 3.05) is 7.11 Å². The zero-order valence-corrected chi connectivity index (χ0v) is 14.6. The van der Waals surface area contributed by atoms with E-state index in [9.17, 15) is 14.7 Å². The first-order valence-electron chi connectivity index (χ1n) is 7.64. The van der Waals surface area contributed by atoms with E-state index >= 15 is 0 Å². The van der Waals surface area contributed by atoms with E-state index in [1.54, 1.807) is 52.1 Å². The molecule has 24 heavy (non-hydrogen) atoms. The van der Waals surface area contributed by atoms with Gasteiger partial charge in [0.25, 0.3) is 0 Å². The summed E-state index contributed by atoms with van der Waals surface area (Å²) in [5.74, 6) is -0.419. The smallest absolute Gasteiger partial charge is 0.411 e. The Morgan fingerprint density at radius 3 is 2.29 bits per heavy atom. The van der Waals surface area contributed by atoms with Crippen LogP contribution in [0.2, 0.25) is 0 Å². The molecule has 0 aliphatic rings. The SMILES string of the molecule is C=CC[C@@H](C(=O)O)N(Cc1ccc(OC)cc1)C(=O)OC(C)(C)C. The molecule has 0 fully saturated rings. The summed E-state index contributed by atoms with van der Waals surface area (Å²) in [6.45, 7) is 8.89. The Morgan fingerprint density at radius 2 is 1.88 bits per heavy atom. The van der Waals surface area contributed by atoms with Crippen LogP contribution in [0.15, 0.2) is 36.9 Å². The Kier molecular flexibility index (Phi) is 6.82. The number of nitrogens with zero attached hydrogens (tertiary/aromatic N) is 1. The molecular weight excluding hydrogens is 310 g/mol. The summed E-state index contributed by atoms with van der Waals surface area (Å²) in [5, 5.41) is 9.46. The lowest BCUT2D eigenvalue weighted by molar-refractivity contribution is -0.143. The Labute approximate surface area is 142 Å². The number of hydrogen-bond acceptors (Lipinski definition) is 4. The van der Waals surface area contributed by atoms with Gasteiger partial charge in [-0.2, -0.15) is 0 Å². The quantitative estimate of drug-likeness (QED) is 0.772. The number of carboxylic acids is 1. The van der Waals surface area contributed by atoms with Gasteiger partial charge in [0.1, 0.15) is 17.4 Å². The van der Waals surface area contributed by atoms with E-state index in [0.29, 0.717) is 5.75 Å². The largest absolute Gasteiger partial charge is 0.497 e. The molecule has 0 aliphatic carbocycles. The van der Waals surface area contributed by atoms with E-state index in [-0.39, 0.29) is 13.0 Å². The molecule has 0 saturated carbocycles. The number of ether oxygens (including phenoxy) is 2. The van der Waals surface area contributed by atoms with Crippen molar-refractivity contribution in [3.8, 4) is 5.75 Å². The summed E-state index contributed by atoms with van der Waals surface area (Å²) < 4.78 is 10.5. The summed E-state index contributed by atoms with van der Waals surface area (Å²) in [5.41, 5.74) is 0.0592. The van der Waals surface area contributed by atoms with Gasteiger partial charge in [0, 0.05) is 6.54 Å². The molecule has 132 valence electrons. The van der Waals surface area contributed by atoms with Crippen LogP contribution in [0.4, 0.5) is 4.79 Å².